The Morgan fingerprint density at radius 2 is 1.52 bits per heavy atom. The third kappa shape index (κ3) is 4.87. The predicted octanol–water partition coefficient (Wildman–Crippen LogP) is 1.76. The van der Waals surface area contributed by atoms with Crippen molar-refractivity contribution in [3.05, 3.63) is 35.4 Å². The minimum Gasteiger partial charge on any atom is -0.350 e. The highest BCUT2D eigenvalue weighted by Crippen LogP contribution is 2.33. The van der Waals surface area contributed by atoms with Crippen LogP contribution in [0.25, 0.3) is 0 Å². The number of rotatable bonds is 4. The first-order chi connectivity index (χ1) is 14.8. The van der Waals surface area contributed by atoms with Crippen LogP contribution in [0.2, 0.25) is 0 Å². The van der Waals surface area contributed by atoms with Crippen molar-refractivity contribution in [1.29, 1.82) is 0 Å². The number of halogens is 2. The molecule has 1 aliphatic heterocycles. The van der Waals surface area contributed by atoms with Gasteiger partial charge in [-0.15, -0.1) is 0 Å². The number of carbonyl (C=O) groups is 3. The topological polar surface area (TPSA) is 95.7 Å². The van der Waals surface area contributed by atoms with E-state index in [1.807, 2.05) is 0 Å². The zero-order valence-electron chi connectivity index (χ0n) is 17.4. The molecule has 2 saturated carbocycles. The molecule has 1 unspecified atom stereocenters. The molecule has 2 aliphatic carbocycles. The van der Waals surface area contributed by atoms with Gasteiger partial charge in [-0.2, -0.15) is 0 Å². The fourth-order valence-electron chi connectivity index (χ4n) is 4.50. The number of nitrogens with one attached hydrogen (secondary N) is 1. The summed E-state index contributed by atoms with van der Waals surface area (Å²) < 4.78 is 27.4. The number of carbonyl (C=O) groups excluding carboxylic acids is 3. The smallest absolute Gasteiger partial charge is 0.264 e. The van der Waals surface area contributed by atoms with Gasteiger partial charge in [-0.1, -0.05) is 0 Å². The normalized spacial score (nSPS) is 26.5. The van der Waals surface area contributed by atoms with Crippen molar-refractivity contribution in [3.63, 3.8) is 0 Å². The van der Waals surface area contributed by atoms with Gasteiger partial charge in [0.05, 0.1) is 0 Å². The molecule has 3 amide bonds. The van der Waals surface area contributed by atoms with E-state index in [9.17, 15) is 23.2 Å². The van der Waals surface area contributed by atoms with Crippen LogP contribution in [-0.2, 0) is 9.59 Å². The SMILES string of the molecule is NC1CCC(NC(=O)C2N(C(=O)c3cc(F)cc(F)c3)CCCN2C(=O)C2CC2)CC1. The summed E-state index contributed by atoms with van der Waals surface area (Å²) in [5, 5.41) is 2.98. The fourth-order valence-corrected chi connectivity index (χ4v) is 4.50. The first kappa shape index (κ1) is 21.7. The van der Waals surface area contributed by atoms with E-state index >= 15 is 0 Å². The minimum absolute atomic E-state index is 0.0735. The summed E-state index contributed by atoms with van der Waals surface area (Å²) >= 11 is 0. The van der Waals surface area contributed by atoms with Gasteiger partial charge in [0.1, 0.15) is 11.6 Å². The van der Waals surface area contributed by atoms with E-state index < -0.39 is 29.6 Å². The molecule has 0 spiro atoms. The Hall–Kier alpha value is -2.55. The number of hydrogen-bond acceptors (Lipinski definition) is 4. The van der Waals surface area contributed by atoms with Crippen LogP contribution < -0.4 is 11.1 Å². The molecule has 9 heteroatoms. The monoisotopic (exact) mass is 434 g/mol. The van der Waals surface area contributed by atoms with Gasteiger partial charge in [-0.25, -0.2) is 8.78 Å². The highest BCUT2D eigenvalue weighted by Gasteiger charge is 2.45. The summed E-state index contributed by atoms with van der Waals surface area (Å²) in [6.45, 7) is 0.587. The van der Waals surface area contributed by atoms with Crippen LogP contribution in [0, 0.1) is 17.6 Å². The van der Waals surface area contributed by atoms with E-state index in [0.717, 1.165) is 50.7 Å². The lowest BCUT2D eigenvalue weighted by Gasteiger charge is -2.43. The highest BCUT2D eigenvalue weighted by atomic mass is 19.1. The molecule has 1 heterocycles. The quantitative estimate of drug-likeness (QED) is 0.755. The number of nitrogens with two attached hydrogens (primary N) is 1. The average Bonchev–Trinajstić information content (AvgIpc) is 3.58. The van der Waals surface area contributed by atoms with E-state index in [-0.39, 0.29) is 36.0 Å². The van der Waals surface area contributed by atoms with Gasteiger partial charge >= 0.3 is 0 Å². The first-order valence-corrected chi connectivity index (χ1v) is 11.0. The summed E-state index contributed by atoms with van der Waals surface area (Å²) in [5.41, 5.74) is 5.76. The average molecular weight is 434 g/mol. The minimum atomic E-state index is -1.13. The van der Waals surface area contributed by atoms with Crippen molar-refractivity contribution >= 4 is 17.7 Å². The summed E-state index contributed by atoms with van der Waals surface area (Å²) in [6, 6.07) is 2.63. The Kier molecular flexibility index (Phi) is 6.22. The number of nitrogens with zero attached hydrogens (tertiary/aromatic N) is 2. The van der Waals surface area contributed by atoms with Crippen molar-refractivity contribution in [2.45, 2.75) is 63.2 Å². The molecule has 3 N–H and O–H groups in total. The van der Waals surface area contributed by atoms with E-state index in [1.54, 1.807) is 0 Å². The molecule has 1 aromatic carbocycles. The molecular formula is C22H28F2N4O3. The van der Waals surface area contributed by atoms with Crippen LogP contribution in [0.4, 0.5) is 8.78 Å². The molecule has 168 valence electrons. The molecule has 1 atom stereocenters. The summed E-state index contributed by atoms with van der Waals surface area (Å²) in [6.07, 6.45) is 3.97. The van der Waals surface area contributed by atoms with Crippen molar-refractivity contribution < 1.29 is 23.2 Å². The van der Waals surface area contributed by atoms with Gasteiger partial charge in [0, 0.05) is 42.7 Å². The lowest BCUT2D eigenvalue weighted by Crippen LogP contribution is -2.64. The maximum absolute atomic E-state index is 13.7. The summed E-state index contributed by atoms with van der Waals surface area (Å²) in [7, 11) is 0. The molecule has 3 aliphatic rings. The zero-order chi connectivity index (χ0) is 22.1. The Bertz CT molecular complexity index is 848. The standard InChI is InChI=1S/C22H28F2N4O3/c23-15-10-14(11-16(24)12-15)22(31)28-9-1-8-27(21(30)13-2-3-13)20(28)19(29)26-18-6-4-17(25)5-7-18/h10-13,17-18,20H,1-9,25H2,(H,26,29). The van der Waals surface area contributed by atoms with Crippen LogP contribution >= 0.6 is 0 Å². The number of hydrogen-bond donors (Lipinski definition) is 2. The maximum atomic E-state index is 13.7. The molecule has 0 radical (unpaired) electrons. The molecule has 7 nitrogen and oxygen atoms in total. The van der Waals surface area contributed by atoms with Gasteiger partial charge < -0.3 is 20.9 Å². The molecule has 4 rings (SSSR count). The van der Waals surface area contributed by atoms with Crippen molar-refractivity contribution in [3.8, 4) is 0 Å². The van der Waals surface area contributed by atoms with Gasteiger partial charge in [-0.3, -0.25) is 14.4 Å². The molecule has 1 saturated heterocycles. The summed E-state index contributed by atoms with van der Waals surface area (Å²) in [5.74, 6) is -3.10. The Morgan fingerprint density at radius 3 is 2.13 bits per heavy atom. The van der Waals surface area contributed by atoms with E-state index in [0.29, 0.717) is 19.0 Å². The van der Waals surface area contributed by atoms with Gasteiger partial charge in [0.2, 0.25) is 5.91 Å². The third-order valence-corrected chi connectivity index (χ3v) is 6.32. The van der Waals surface area contributed by atoms with Crippen LogP contribution in [0.3, 0.4) is 0 Å². The van der Waals surface area contributed by atoms with E-state index in [4.69, 9.17) is 5.73 Å². The molecule has 1 aromatic rings. The van der Waals surface area contributed by atoms with Crippen LogP contribution in [0.5, 0.6) is 0 Å². The van der Waals surface area contributed by atoms with Crippen LogP contribution in [-0.4, -0.2) is 58.9 Å². The predicted molar refractivity (Wildman–Crippen MR) is 109 cm³/mol. The zero-order valence-corrected chi connectivity index (χ0v) is 17.4. The Balaban J connectivity index is 1.59. The lowest BCUT2D eigenvalue weighted by atomic mass is 9.91. The van der Waals surface area contributed by atoms with Gasteiger partial charge in [-0.05, 0) is 57.1 Å². The van der Waals surface area contributed by atoms with Gasteiger partial charge in [0.15, 0.2) is 6.17 Å². The second-order valence-corrected chi connectivity index (χ2v) is 8.81. The van der Waals surface area contributed by atoms with Crippen molar-refractivity contribution in [2.24, 2.45) is 11.7 Å². The molecular weight excluding hydrogens is 406 g/mol. The van der Waals surface area contributed by atoms with E-state index in [2.05, 4.69) is 5.32 Å². The second-order valence-electron chi connectivity index (χ2n) is 8.81. The second kappa shape index (κ2) is 8.90. The summed E-state index contributed by atoms with van der Waals surface area (Å²) in [4.78, 5) is 42.1. The van der Waals surface area contributed by atoms with Crippen molar-refractivity contribution in [2.75, 3.05) is 13.1 Å². The third-order valence-electron chi connectivity index (χ3n) is 6.32. The Morgan fingerprint density at radius 1 is 0.903 bits per heavy atom. The number of amides is 3. The van der Waals surface area contributed by atoms with E-state index in [1.165, 1.54) is 9.80 Å². The van der Waals surface area contributed by atoms with Crippen LogP contribution in [0.1, 0.15) is 55.3 Å². The van der Waals surface area contributed by atoms with Gasteiger partial charge in [0.25, 0.3) is 11.8 Å². The van der Waals surface area contributed by atoms with Crippen LogP contribution in [0.15, 0.2) is 18.2 Å². The molecule has 0 bridgehead atoms. The molecule has 31 heavy (non-hydrogen) atoms. The largest absolute Gasteiger partial charge is 0.350 e. The fraction of sp³-hybridized carbons (Fsp3) is 0.591. The number of benzene rings is 1. The molecule has 3 fully saturated rings. The molecule has 0 aromatic heterocycles. The maximum Gasteiger partial charge on any atom is 0.264 e. The Labute approximate surface area is 179 Å². The van der Waals surface area contributed by atoms with Crippen molar-refractivity contribution in [1.82, 2.24) is 15.1 Å². The highest BCUT2D eigenvalue weighted by molar-refractivity contribution is 5.99. The first-order valence-electron chi connectivity index (χ1n) is 11.0. The lowest BCUT2D eigenvalue weighted by molar-refractivity contribution is -0.150.